The molecule has 0 bridgehead atoms. The average Bonchev–Trinajstić information content (AvgIpc) is 3.11. The molecule has 16 heavy (non-hydrogen) atoms. The summed E-state index contributed by atoms with van der Waals surface area (Å²) in [7, 11) is 0. The van der Waals surface area contributed by atoms with Crippen LogP contribution in [0.2, 0.25) is 0 Å². The first kappa shape index (κ1) is 11.9. The third kappa shape index (κ3) is 2.97. The molecule has 2 aliphatic carbocycles. The van der Waals surface area contributed by atoms with Gasteiger partial charge >= 0.3 is 0 Å². The number of nitrogens with one attached hydrogen (secondary N) is 1. The molecule has 3 nitrogen and oxygen atoms in total. The number of carbonyl (C=O) groups excluding carboxylic acids is 1. The molecule has 92 valence electrons. The van der Waals surface area contributed by atoms with Crippen molar-refractivity contribution < 1.29 is 9.90 Å². The van der Waals surface area contributed by atoms with Crippen LogP contribution in [0.1, 0.15) is 51.9 Å². The van der Waals surface area contributed by atoms with E-state index in [1.54, 1.807) is 0 Å². The Labute approximate surface area is 97.6 Å². The van der Waals surface area contributed by atoms with Crippen molar-refractivity contribution in [2.24, 2.45) is 11.8 Å². The van der Waals surface area contributed by atoms with Gasteiger partial charge in [0, 0.05) is 12.5 Å². The number of hydrogen-bond acceptors (Lipinski definition) is 2. The van der Waals surface area contributed by atoms with Crippen LogP contribution in [0, 0.1) is 11.8 Å². The number of carbonyl (C=O) groups is 1. The lowest BCUT2D eigenvalue weighted by Gasteiger charge is -2.26. The predicted molar refractivity (Wildman–Crippen MR) is 62.9 cm³/mol. The minimum atomic E-state index is -0.690. The summed E-state index contributed by atoms with van der Waals surface area (Å²) in [5.74, 6) is 0.753. The molecule has 0 saturated heterocycles. The van der Waals surface area contributed by atoms with E-state index in [0.29, 0.717) is 12.5 Å². The maximum atomic E-state index is 11.9. The summed E-state index contributed by atoms with van der Waals surface area (Å²) >= 11 is 0. The van der Waals surface area contributed by atoms with E-state index in [9.17, 15) is 9.90 Å². The van der Waals surface area contributed by atoms with Crippen molar-refractivity contribution in [1.29, 1.82) is 0 Å². The van der Waals surface area contributed by atoms with Gasteiger partial charge in [0.05, 0.1) is 5.60 Å². The highest BCUT2D eigenvalue weighted by Crippen LogP contribution is 2.39. The maximum Gasteiger partial charge on any atom is 0.223 e. The Hall–Kier alpha value is -0.570. The first-order valence-corrected chi connectivity index (χ1v) is 6.60. The van der Waals surface area contributed by atoms with E-state index in [2.05, 4.69) is 5.32 Å². The lowest BCUT2D eigenvalue weighted by Crippen LogP contribution is -2.44. The van der Waals surface area contributed by atoms with Crippen molar-refractivity contribution in [3.05, 3.63) is 0 Å². The summed E-state index contributed by atoms with van der Waals surface area (Å²) in [6.07, 6.45) is 7.88. The van der Waals surface area contributed by atoms with Gasteiger partial charge in [-0.3, -0.25) is 4.79 Å². The highest BCUT2D eigenvalue weighted by atomic mass is 16.3. The summed E-state index contributed by atoms with van der Waals surface area (Å²) in [6, 6.07) is 0. The molecular formula is C13H23NO2. The molecule has 2 fully saturated rings. The molecule has 2 N–H and O–H groups in total. The van der Waals surface area contributed by atoms with Crippen LogP contribution in [-0.4, -0.2) is 23.2 Å². The Balaban J connectivity index is 1.74. The second-order valence-corrected chi connectivity index (χ2v) is 5.68. The summed E-state index contributed by atoms with van der Waals surface area (Å²) in [5, 5.41) is 13.0. The summed E-state index contributed by atoms with van der Waals surface area (Å²) in [6.45, 7) is 2.26. The summed E-state index contributed by atoms with van der Waals surface area (Å²) < 4.78 is 0. The molecule has 1 amide bonds. The van der Waals surface area contributed by atoms with Gasteiger partial charge in [-0.15, -0.1) is 0 Å². The van der Waals surface area contributed by atoms with Crippen LogP contribution in [0.5, 0.6) is 0 Å². The minimum Gasteiger partial charge on any atom is -0.388 e. The van der Waals surface area contributed by atoms with Gasteiger partial charge in [0.25, 0.3) is 0 Å². The van der Waals surface area contributed by atoms with Crippen LogP contribution in [-0.2, 0) is 4.79 Å². The average molecular weight is 225 g/mol. The molecular weight excluding hydrogens is 202 g/mol. The summed E-state index contributed by atoms with van der Waals surface area (Å²) in [5.41, 5.74) is -0.690. The molecule has 1 atom stereocenters. The lowest BCUT2D eigenvalue weighted by atomic mass is 9.88. The van der Waals surface area contributed by atoms with E-state index in [0.717, 1.165) is 25.7 Å². The van der Waals surface area contributed by atoms with E-state index in [-0.39, 0.29) is 11.8 Å². The van der Waals surface area contributed by atoms with Crippen LogP contribution < -0.4 is 5.32 Å². The monoisotopic (exact) mass is 225 g/mol. The Kier molecular flexibility index (Phi) is 3.53. The molecule has 2 aliphatic rings. The molecule has 3 heteroatoms. The predicted octanol–water partition coefficient (Wildman–Crippen LogP) is 1.84. The molecule has 1 unspecified atom stereocenters. The number of amides is 1. The van der Waals surface area contributed by atoms with Gasteiger partial charge in [0.15, 0.2) is 0 Å². The topological polar surface area (TPSA) is 49.3 Å². The van der Waals surface area contributed by atoms with Gasteiger partial charge < -0.3 is 10.4 Å². The van der Waals surface area contributed by atoms with Gasteiger partial charge in [-0.2, -0.15) is 0 Å². The quantitative estimate of drug-likeness (QED) is 0.767. The van der Waals surface area contributed by atoms with Crippen molar-refractivity contribution in [3.63, 3.8) is 0 Å². The second kappa shape index (κ2) is 4.74. The van der Waals surface area contributed by atoms with Crippen LogP contribution in [0.4, 0.5) is 0 Å². The Morgan fingerprint density at radius 1 is 1.25 bits per heavy atom. The molecule has 0 aromatic rings. The normalized spacial score (nSPS) is 26.1. The minimum absolute atomic E-state index is 0.153. The molecule has 0 radical (unpaired) electrons. The first-order valence-electron chi connectivity index (χ1n) is 6.60. The van der Waals surface area contributed by atoms with Gasteiger partial charge in [0.1, 0.15) is 0 Å². The second-order valence-electron chi connectivity index (χ2n) is 5.68. The molecule has 2 rings (SSSR count). The van der Waals surface area contributed by atoms with Gasteiger partial charge in [-0.05, 0) is 38.5 Å². The molecule has 0 spiro atoms. The third-order valence-corrected chi connectivity index (χ3v) is 4.05. The fourth-order valence-electron chi connectivity index (χ4n) is 2.62. The molecule has 0 heterocycles. The van der Waals surface area contributed by atoms with Crippen LogP contribution in [0.25, 0.3) is 0 Å². The third-order valence-electron chi connectivity index (χ3n) is 4.05. The van der Waals surface area contributed by atoms with Crippen molar-refractivity contribution in [3.8, 4) is 0 Å². The Bertz CT molecular complexity index is 253. The van der Waals surface area contributed by atoms with E-state index in [4.69, 9.17) is 0 Å². The molecule has 0 aliphatic heterocycles. The zero-order chi connectivity index (χ0) is 11.6. The van der Waals surface area contributed by atoms with E-state index in [1.807, 2.05) is 6.92 Å². The maximum absolute atomic E-state index is 11.9. The van der Waals surface area contributed by atoms with Crippen LogP contribution in [0.3, 0.4) is 0 Å². The van der Waals surface area contributed by atoms with Crippen LogP contribution >= 0.6 is 0 Å². The molecule has 0 aromatic heterocycles. The standard InChI is InChI=1S/C13H23NO2/c1-13(16,11-7-8-11)9-14-12(15)10-5-3-2-4-6-10/h10-11,16H,2-9H2,1H3,(H,14,15). The number of hydrogen-bond donors (Lipinski definition) is 2. The van der Waals surface area contributed by atoms with E-state index >= 15 is 0 Å². The zero-order valence-corrected chi connectivity index (χ0v) is 10.2. The first-order chi connectivity index (χ1) is 7.59. The lowest BCUT2D eigenvalue weighted by molar-refractivity contribution is -0.127. The zero-order valence-electron chi connectivity index (χ0n) is 10.2. The molecule has 0 aromatic carbocycles. The molecule has 2 saturated carbocycles. The summed E-state index contributed by atoms with van der Waals surface area (Å²) in [4.78, 5) is 11.9. The number of aliphatic hydroxyl groups is 1. The van der Waals surface area contributed by atoms with Crippen molar-refractivity contribution in [1.82, 2.24) is 5.32 Å². The van der Waals surface area contributed by atoms with Crippen molar-refractivity contribution >= 4 is 5.91 Å². The fourth-order valence-corrected chi connectivity index (χ4v) is 2.62. The largest absolute Gasteiger partial charge is 0.388 e. The van der Waals surface area contributed by atoms with E-state index in [1.165, 1.54) is 19.3 Å². The highest BCUT2D eigenvalue weighted by Gasteiger charge is 2.40. The van der Waals surface area contributed by atoms with E-state index < -0.39 is 5.60 Å². The van der Waals surface area contributed by atoms with Crippen molar-refractivity contribution in [2.75, 3.05) is 6.54 Å². The van der Waals surface area contributed by atoms with Gasteiger partial charge in [-0.1, -0.05) is 19.3 Å². The smallest absolute Gasteiger partial charge is 0.223 e. The van der Waals surface area contributed by atoms with Crippen molar-refractivity contribution in [2.45, 2.75) is 57.5 Å². The van der Waals surface area contributed by atoms with Gasteiger partial charge in [0.2, 0.25) is 5.91 Å². The Morgan fingerprint density at radius 3 is 2.44 bits per heavy atom. The van der Waals surface area contributed by atoms with Crippen LogP contribution in [0.15, 0.2) is 0 Å². The number of rotatable bonds is 4. The Morgan fingerprint density at radius 2 is 1.88 bits per heavy atom. The SMILES string of the molecule is CC(O)(CNC(=O)C1CCCCC1)C1CC1. The fraction of sp³-hybridized carbons (Fsp3) is 0.923. The highest BCUT2D eigenvalue weighted by molar-refractivity contribution is 5.78. The van der Waals surface area contributed by atoms with Gasteiger partial charge in [-0.25, -0.2) is 0 Å².